The molecule has 6 nitrogen and oxygen atoms in total. The molecule has 32 heavy (non-hydrogen) atoms. The minimum absolute atomic E-state index is 0.0683. The first-order chi connectivity index (χ1) is 15.4. The Labute approximate surface area is 191 Å². The zero-order valence-electron chi connectivity index (χ0n) is 18.9. The van der Waals surface area contributed by atoms with Crippen LogP contribution < -0.4 is 4.74 Å². The number of rotatable bonds is 4. The quantitative estimate of drug-likeness (QED) is 0.457. The van der Waals surface area contributed by atoms with Gasteiger partial charge in [-0.05, 0) is 63.1 Å². The van der Waals surface area contributed by atoms with Crippen LogP contribution in [0, 0.1) is 23.7 Å². The van der Waals surface area contributed by atoms with Crippen molar-refractivity contribution in [3.05, 3.63) is 41.9 Å². The molecule has 2 N–H and O–H groups in total. The van der Waals surface area contributed by atoms with Gasteiger partial charge in [-0.2, -0.15) is 0 Å². The maximum absolute atomic E-state index is 12.0. The van der Waals surface area contributed by atoms with Gasteiger partial charge in [0.25, 0.3) is 5.95 Å². The van der Waals surface area contributed by atoms with Gasteiger partial charge >= 0.3 is 7.82 Å². The lowest BCUT2D eigenvalue weighted by atomic mass is 9.57. The van der Waals surface area contributed by atoms with Gasteiger partial charge in [-0.15, -0.1) is 0 Å². The Morgan fingerprint density at radius 3 is 2.44 bits per heavy atom. The number of hydrogen-bond acceptors (Lipinski definition) is 4. The normalized spacial score (nSPS) is 37.0. The van der Waals surface area contributed by atoms with Crippen LogP contribution in [0.2, 0.25) is 0 Å². The molecule has 1 aromatic carbocycles. The third-order valence-corrected chi connectivity index (χ3v) is 8.98. The highest BCUT2D eigenvalue weighted by molar-refractivity contribution is 7.46. The molecule has 1 aromatic rings. The van der Waals surface area contributed by atoms with E-state index >= 15 is 0 Å². The molecule has 0 amide bonds. The fourth-order valence-corrected chi connectivity index (χ4v) is 7.79. The van der Waals surface area contributed by atoms with E-state index in [1.165, 1.54) is 38.5 Å². The summed E-state index contributed by atoms with van der Waals surface area (Å²) in [6.07, 6.45) is 11.9. The molecule has 0 radical (unpaired) electrons. The number of fused-ring (bicyclic) bond motifs is 4. The van der Waals surface area contributed by atoms with Crippen LogP contribution in [0.3, 0.4) is 0 Å². The van der Waals surface area contributed by atoms with Crippen LogP contribution in [-0.4, -0.2) is 33.8 Å². The number of phosphoric acid groups is 1. The van der Waals surface area contributed by atoms with Gasteiger partial charge in [0, 0.05) is 29.5 Å². The number of nitrogens with zero attached hydrogens (tertiary/aromatic N) is 1. The van der Waals surface area contributed by atoms with E-state index in [0.717, 1.165) is 37.2 Å². The van der Waals surface area contributed by atoms with E-state index < -0.39 is 7.82 Å². The van der Waals surface area contributed by atoms with Crippen LogP contribution in [0.25, 0.3) is 0 Å². The van der Waals surface area contributed by atoms with Gasteiger partial charge in [0.15, 0.2) is 0 Å². The summed E-state index contributed by atoms with van der Waals surface area (Å²) in [5, 5.41) is 0. The number of likely N-dealkylation sites (tertiary alicyclic amines) is 1. The predicted molar refractivity (Wildman–Crippen MR) is 123 cm³/mol. The highest BCUT2D eigenvalue weighted by atomic mass is 31.2. The fraction of sp³-hybridized carbons (Fsp3) is 0.680. The molecule has 4 aliphatic rings. The second-order valence-electron chi connectivity index (χ2n) is 10.2. The SMILES string of the molecule is CN1C2CCCCC2/C(=C(\Oc2ccccc2)OP(=O)(O)O)C2CCC3CCCCC3C21. The minimum Gasteiger partial charge on any atom is -0.426 e. The van der Waals surface area contributed by atoms with E-state index in [0.29, 0.717) is 23.8 Å². The maximum Gasteiger partial charge on any atom is 0.527 e. The monoisotopic (exact) mass is 461 g/mol. The molecule has 5 rings (SSSR count). The molecule has 4 fully saturated rings. The Bertz CT molecular complexity index is 884. The molecule has 1 saturated heterocycles. The van der Waals surface area contributed by atoms with Gasteiger partial charge in [-0.3, -0.25) is 14.7 Å². The van der Waals surface area contributed by atoms with E-state index in [1.54, 1.807) is 0 Å². The lowest BCUT2D eigenvalue weighted by molar-refractivity contribution is -0.0500. The largest absolute Gasteiger partial charge is 0.527 e. The lowest BCUT2D eigenvalue weighted by Crippen LogP contribution is -2.61. The van der Waals surface area contributed by atoms with Gasteiger partial charge in [0.2, 0.25) is 0 Å². The summed E-state index contributed by atoms with van der Waals surface area (Å²) in [6.45, 7) is 0. The van der Waals surface area contributed by atoms with Crippen LogP contribution in [0.4, 0.5) is 0 Å². The van der Waals surface area contributed by atoms with E-state index in [9.17, 15) is 14.4 Å². The minimum atomic E-state index is -4.76. The third-order valence-electron chi connectivity index (χ3n) is 8.58. The zero-order chi connectivity index (χ0) is 22.3. The fourth-order valence-electron chi connectivity index (χ4n) is 7.43. The van der Waals surface area contributed by atoms with Crippen LogP contribution in [0.15, 0.2) is 41.9 Å². The van der Waals surface area contributed by atoms with Crippen molar-refractivity contribution in [3.8, 4) is 5.75 Å². The number of piperidine rings is 1. The van der Waals surface area contributed by atoms with Crippen LogP contribution >= 0.6 is 7.82 Å². The number of phosphoric ester groups is 1. The van der Waals surface area contributed by atoms with Crippen molar-refractivity contribution in [2.75, 3.05) is 7.05 Å². The van der Waals surface area contributed by atoms with Gasteiger partial charge in [-0.25, -0.2) is 4.57 Å². The Hall–Kier alpha value is -1.33. The smallest absolute Gasteiger partial charge is 0.426 e. The molecule has 0 spiro atoms. The molecule has 1 heterocycles. The molecule has 1 aliphatic heterocycles. The molecule has 0 aromatic heterocycles. The average molecular weight is 462 g/mol. The summed E-state index contributed by atoms with van der Waals surface area (Å²) in [5.41, 5.74) is 1.04. The molecule has 3 saturated carbocycles. The third kappa shape index (κ3) is 4.40. The molecule has 0 bridgehead atoms. The molecule has 176 valence electrons. The van der Waals surface area contributed by atoms with Crippen molar-refractivity contribution in [2.24, 2.45) is 23.7 Å². The first kappa shape index (κ1) is 22.5. The summed E-state index contributed by atoms with van der Waals surface area (Å²) < 4.78 is 23.5. The van der Waals surface area contributed by atoms with E-state index in [4.69, 9.17) is 9.26 Å². The van der Waals surface area contributed by atoms with Crippen LogP contribution in [-0.2, 0) is 9.09 Å². The van der Waals surface area contributed by atoms with E-state index in [2.05, 4.69) is 11.9 Å². The summed E-state index contributed by atoms with van der Waals surface area (Å²) in [5.74, 6) is 2.49. The first-order valence-corrected chi connectivity index (χ1v) is 13.9. The summed E-state index contributed by atoms with van der Waals surface area (Å²) in [7, 11) is -2.46. The number of ether oxygens (including phenoxy) is 1. The number of para-hydroxylation sites is 1. The Kier molecular flexibility index (Phi) is 6.41. The van der Waals surface area contributed by atoms with Crippen molar-refractivity contribution < 1.29 is 23.6 Å². The van der Waals surface area contributed by atoms with Gasteiger partial charge in [-0.1, -0.05) is 50.3 Å². The second kappa shape index (κ2) is 9.13. The molecule has 3 aliphatic carbocycles. The molecule has 6 atom stereocenters. The molecule has 6 unspecified atom stereocenters. The van der Waals surface area contributed by atoms with Crippen molar-refractivity contribution in [1.82, 2.24) is 4.90 Å². The second-order valence-corrected chi connectivity index (χ2v) is 11.4. The zero-order valence-corrected chi connectivity index (χ0v) is 19.8. The first-order valence-electron chi connectivity index (χ1n) is 12.4. The lowest BCUT2D eigenvalue weighted by Gasteiger charge is -2.58. The number of hydrogen-bond donors (Lipinski definition) is 2. The van der Waals surface area contributed by atoms with Crippen LogP contribution in [0.1, 0.15) is 64.2 Å². The maximum atomic E-state index is 12.0. The van der Waals surface area contributed by atoms with Gasteiger partial charge in [0.05, 0.1) is 0 Å². The van der Waals surface area contributed by atoms with E-state index in [1.807, 2.05) is 30.3 Å². The van der Waals surface area contributed by atoms with Crippen LogP contribution in [0.5, 0.6) is 5.75 Å². The number of benzene rings is 1. The van der Waals surface area contributed by atoms with Crippen molar-refractivity contribution in [1.29, 1.82) is 0 Å². The summed E-state index contributed by atoms with van der Waals surface area (Å²) in [6, 6.07) is 10.0. The highest BCUT2D eigenvalue weighted by Gasteiger charge is 2.53. The molecule has 7 heteroatoms. The van der Waals surface area contributed by atoms with Gasteiger partial charge in [0.1, 0.15) is 5.75 Å². The Balaban J connectivity index is 1.61. The summed E-state index contributed by atoms with van der Waals surface area (Å²) in [4.78, 5) is 22.2. The molecular weight excluding hydrogens is 425 g/mol. The van der Waals surface area contributed by atoms with Crippen molar-refractivity contribution >= 4 is 7.82 Å². The summed E-state index contributed by atoms with van der Waals surface area (Å²) >= 11 is 0. The average Bonchev–Trinajstić information content (AvgIpc) is 2.78. The topological polar surface area (TPSA) is 79.2 Å². The van der Waals surface area contributed by atoms with Gasteiger partial charge < -0.3 is 9.26 Å². The van der Waals surface area contributed by atoms with Crippen molar-refractivity contribution in [2.45, 2.75) is 76.3 Å². The Morgan fingerprint density at radius 1 is 0.938 bits per heavy atom. The molecular formula is C25H36NO5P. The highest BCUT2D eigenvalue weighted by Crippen LogP contribution is 2.55. The van der Waals surface area contributed by atoms with Crippen molar-refractivity contribution in [3.63, 3.8) is 0 Å². The predicted octanol–water partition coefficient (Wildman–Crippen LogP) is 5.48. The Morgan fingerprint density at radius 2 is 1.66 bits per heavy atom. The standard InChI is InChI=1S/C25H36NO5P/c1-26-22-14-8-7-13-20(22)23(21-16-15-17-9-5-6-12-19(17)24(21)26)25(31-32(27,28)29)30-18-10-3-2-4-11-18/h2-4,10-11,17,19-22,24H,5-9,12-16H2,1H3,(H2,27,28,29)/b25-23-. The van der Waals surface area contributed by atoms with E-state index in [-0.39, 0.29) is 17.8 Å².